The van der Waals surface area contributed by atoms with Gasteiger partial charge in [0.05, 0.1) is 64.9 Å². The van der Waals surface area contributed by atoms with Crippen molar-refractivity contribution in [2.75, 3.05) is 34.0 Å². The zero-order valence-corrected chi connectivity index (χ0v) is 38.4. The van der Waals surface area contributed by atoms with E-state index in [0.29, 0.717) is 25.2 Å². The maximum absolute atomic E-state index is 13.5. The molecule has 1 aliphatic rings. The van der Waals surface area contributed by atoms with Gasteiger partial charge in [-0.05, 0) is 55.0 Å². The summed E-state index contributed by atoms with van der Waals surface area (Å²) < 4.78 is 46.7. The molecule has 0 spiro atoms. The summed E-state index contributed by atoms with van der Waals surface area (Å²) in [6, 6.07) is 17.2. The largest absolute Gasteiger partial charge is 0.497 e. The molecule has 1 saturated heterocycles. The van der Waals surface area contributed by atoms with Gasteiger partial charge in [-0.2, -0.15) is 0 Å². The molecular formula is C49H70O15. The van der Waals surface area contributed by atoms with E-state index in [1.54, 1.807) is 21.0 Å². The number of benzene rings is 2. The number of methoxy groups -OCH3 is 2. The molecule has 356 valence electrons. The van der Waals surface area contributed by atoms with E-state index >= 15 is 0 Å². The zero-order chi connectivity index (χ0) is 47.0. The van der Waals surface area contributed by atoms with Crippen LogP contribution in [0.2, 0.25) is 0 Å². The van der Waals surface area contributed by atoms with Crippen LogP contribution in [0.25, 0.3) is 0 Å². The van der Waals surface area contributed by atoms with E-state index < -0.39 is 65.6 Å². The minimum Gasteiger partial charge on any atom is -0.497 e. The van der Waals surface area contributed by atoms with Crippen LogP contribution in [0, 0.1) is 5.41 Å². The summed E-state index contributed by atoms with van der Waals surface area (Å²) in [7, 11) is 2.82. The summed E-state index contributed by atoms with van der Waals surface area (Å²) in [6.45, 7) is 8.11. The van der Waals surface area contributed by atoms with Crippen LogP contribution in [0.4, 0.5) is 0 Å². The summed E-state index contributed by atoms with van der Waals surface area (Å²) in [5.41, 5.74) is 0.654. The molecule has 2 aromatic rings. The Labute approximate surface area is 378 Å². The summed E-state index contributed by atoms with van der Waals surface area (Å²) in [4.78, 5) is 50.2. The van der Waals surface area contributed by atoms with Gasteiger partial charge < -0.3 is 53.2 Å². The quantitative estimate of drug-likeness (QED) is 0.0308. The lowest BCUT2D eigenvalue weighted by atomic mass is 9.74. The molecule has 1 fully saturated rings. The van der Waals surface area contributed by atoms with Gasteiger partial charge >= 0.3 is 23.9 Å². The average Bonchev–Trinajstić information content (AvgIpc) is 3.27. The Hall–Kier alpha value is -4.64. The van der Waals surface area contributed by atoms with Gasteiger partial charge in [-0.15, -0.1) is 0 Å². The SMILES string of the molecule is CCCCCCCC(=O)O[C@H]1/C(=C/C(=O)OC)CC(C[C@@H](OCc2ccc(OC)cc2)[C@H](C)OCc2ccccc2)O[C@@]1(O)C(C)(C)/C=C/C(=O)OCCCOCC[C@@H](O)CC(=O)O. The molecule has 0 radical (unpaired) electrons. The van der Waals surface area contributed by atoms with Crippen LogP contribution < -0.4 is 4.74 Å². The summed E-state index contributed by atoms with van der Waals surface area (Å²) in [5, 5.41) is 31.4. The molecule has 15 nitrogen and oxygen atoms in total. The number of hydrogen-bond acceptors (Lipinski definition) is 14. The number of carboxylic acid groups (broad SMARTS) is 1. The van der Waals surface area contributed by atoms with Gasteiger partial charge in [-0.1, -0.05) is 95.0 Å². The molecule has 0 bridgehead atoms. The minimum absolute atomic E-state index is 0.00290. The van der Waals surface area contributed by atoms with Gasteiger partial charge in [0.2, 0.25) is 5.79 Å². The highest BCUT2D eigenvalue weighted by Gasteiger charge is 2.57. The van der Waals surface area contributed by atoms with E-state index in [2.05, 4.69) is 6.92 Å². The number of aliphatic hydroxyl groups excluding tert-OH is 1. The zero-order valence-electron chi connectivity index (χ0n) is 38.4. The van der Waals surface area contributed by atoms with E-state index in [1.807, 2.05) is 61.5 Å². The van der Waals surface area contributed by atoms with Crippen LogP contribution in [0.3, 0.4) is 0 Å². The maximum Gasteiger partial charge on any atom is 0.330 e. The second kappa shape index (κ2) is 28.3. The van der Waals surface area contributed by atoms with Crippen molar-refractivity contribution >= 4 is 23.9 Å². The van der Waals surface area contributed by atoms with E-state index in [9.17, 15) is 29.4 Å². The van der Waals surface area contributed by atoms with Crippen LogP contribution in [0.1, 0.15) is 109 Å². The molecular weight excluding hydrogens is 829 g/mol. The van der Waals surface area contributed by atoms with Gasteiger partial charge in [0.15, 0.2) is 6.10 Å². The first-order valence-corrected chi connectivity index (χ1v) is 22.2. The number of unbranched alkanes of at least 4 members (excludes halogenated alkanes) is 4. The molecule has 6 atom stereocenters. The lowest BCUT2D eigenvalue weighted by Crippen LogP contribution is -2.62. The van der Waals surface area contributed by atoms with Gasteiger partial charge in [0.25, 0.3) is 0 Å². The van der Waals surface area contributed by atoms with Crippen molar-refractivity contribution in [3.05, 3.63) is 89.5 Å². The van der Waals surface area contributed by atoms with Crippen LogP contribution in [0.5, 0.6) is 5.75 Å². The van der Waals surface area contributed by atoms with Crippen molar-refractivity contribution in [1.82, 2.24) is 0 Å². The van der Waals surface area contributed by atoms with E-state index in [-0.39, 0.29) is 64.1 Å². The standard InChI is InChI=1S/C49H70O15/c1-7-8-9-10-14-18-45(54)63-47-38(30-46(55)58-6)29-41(32-42(35(2)61-33-36-16-12-11-13-17-36)62-34-37-19-21-40(57-5)22-20-37)64-49(47,56)48(3,4)25-23-44(53)60-27-15-26-59-28-24-39(50)31-43(51)52/h11-13,16-17,19-23,25,30,35,39,41-42,47,50,56H,7-10,14-15,18,24,26-29,31-34H2,1-6H3,(H,51,52)/b25-23+,38-30+/t35-,39+,41?,42+,47-,49+/m0/s1. The number of rotatable bonds is 30. The van der Waals surface area contributed by atoms with Gasteiger partial charge in [0, 0.05) is 50.0 Å². The second-order valence-electron chi connectivity index (χ2n) is 16.6. The second-order valence-corrected chi connectivity index (χ2v) is 16.6. The van der Waals surface area contributed by atoms with Crippen molar-refractivity contribution in [3.8, 4) is 5.75 Å². The molecule has 15 heteroatoms. The smallest absolute Gasteiger partial charge is 0.330 e. The Balaban J connectivity index is 1.90. The Kier molecular flexibility index (Phi) is 23.8. The van der Waals surface area contributed by atoms with Crippen molar-refractivity contribution in [2.24, 2.45) is 5.41 Å². The van der Waals surface area contributed by atoms with Gasteiger partial charge in [-0.3, -0.25) is 9.59 Å². The number of carbonyl (C=O) groups is 4. The molecule has 0 saturated carbocycles. The lowest BCUT2D eigenvalue weighted by Gasteiger charge is -2.51. The average molecular weight is 899 g/mol. The molecule has 3 N–H and O–H groups in total. The summed E-state index contributed by atoms with van der Waals surface area (Å²) >= 11 is 0. The molecule has 2 aromatic carbocycles. The Morgan fingerprint density at radius 2 is 1.58 bits per heavy atom. The highest BCUT2D eigenvalue weighted by atomic mass is 16.7. The fourth-order valence-corrected chi connectivity index (χ4v) is 7.05. The molecule has 1 unspecified atom stereocenters. The fraction of sp³-hybridized carbons (Fsp3) is 0.592. The third-order valence-corrected chi connectivity index (χ3v) is 11.0. The third-order valence-electron chi connectivity index (χ3n) is 11.0. The van der Waals surface area contributed by atoms with Crippen molar-refractivity contribution in [2.45, 2.75) is 148 Å². The van der Waals surface area contributed by atoms with E-state index in [4.69, 9.17) is 43.0 Å². The van der Waals surface area contributed by atoms with Crippen molar-refractivity contribution < 1.29 is 72.4 Å². The Morgan fingerprint density at radius 3 is 2.25 bits per heavy atom. The fourth-order valence-electron chi connectivity index (χ4n) is 7.05. The first kappa shape index (κ1) is 53.7. The first-order valence-electron chi connectivity index (χ1n) is 22.2. The van der Waals surface area contributed by atoms with Crippen LogP contribution in [-0.4, -0.2) is 110 Å². The Morgan fingerprint density at radius 1 is 0.891 bits per heavy atom. The number of hydrogen-bond donors (Lipinski definition) is 3. The summed E-state index contributed by atoms with van der Waals surface area (Å²) in [6.07, 6.45) is 4.25. The summed E-state index contributed by atoms with van der Waals surface area (Å²) in [5.74, 6) is -4.76. The molecule has 3 rings (SSSR count). The van der Waals surface area contributed by atoms with Gasteiger partial charge in [0.1, 0.15) is 5.75 Å². The number of ether oxygens (including phenoxy) is 8. The number of carboxylic acids is 1. The first-order chi connectivity index (χ1) is 30.6. The van der Waals surface area contributed by atoms with Crippen LogP contribution >= 0.6 is 0 Å². The predicted molar refractivity (Wildman–Crippen MR) is 237 cm³/mol. The normalized spacial score (nSPS) is 19.8. The maximum atomic E-state index is 13.5. The van der Waals surface area contributed by atoms with Crippen molar-refractivity contribution in [3.63, 3.8) is 0 Å². The molecule has 0 aromatic heterocycles. The molecule has 64 heavy (non-hydrogen) atoms. The monoisotopic (exact) mass is 898 g/mol. The van der Waals surface area contributed by atoms with Gasteiger partial charge in [-0.25, -0.2) is 9.59 Å². The van der Waals surface area contributed by atoms with Crippen LogP contribution in [0.15, 0.2) is 78.4 Å². The minimum atomic E-state index is -2.34. The molecule has 0 aliphatic carbocycles. The number of carbonyl (C=O) groups excluding carboxylic acids is 3. The number of esters is 3. The van der Waals surface area contributed by atoms with E-state index in [0.717, 1.165) is 42.9 Å². The third kappa shape index (κ3) is 18.8. The van der Waals surface area contributed by atoms with Crippen molar-refractivity contribution in [1.29, 1.82) is 0 Å². The lowest BCUT2D eigenvalue weighted by molar-refractivity contribution is -0.328. The number of aliphatic hydroxyl groups is 2. The molecule has 0 amide bonds. The number of aliphatic carboxylic acids is 1. The van der Waals surface area contributed by atoms with Crippen LogP contribution in [-0.2, 0) is 65.5 Å². The topological polar surface area (TPSA) is 203 Å². The Bertz CT molecular complexity index is 1760. The molecule has 1 aliphatic heterocycles. The highest BCUT2D eigenvalue weighted by molar-refractivity contribution is 5.83. The highest BCUT2D eigenvalue weighted by Crippen LogP contribution is 2.47. The molecule has 1 heterocycles. The predicted octanol–water partition coefficient (Wildman–Crippen LogP) is 7.18. The van der Waals surface area contributed by atoms with E-state index in [1.165, 1.54) is 19.3 Å².